The van der Waals surface area contributed by atoms with E-state index >= 15 is 0 Å². The van der Waals surface area contributed by atoms with Crippen molar-refractivity contribution in [2.75, 3.05) is 18.0 Å². The molecule has 0 unspecified atom stereocenters. The molecule has 0 saturated carbocycles. The Hall–Kier alpha value is -4.69. The number of nitrogens with one attached hydrogen (secondary N) is 2. The van der Waals surface area contributed by atoms with Crippen molar-refractivity contribution in [1.82, 2.24) is 20.5 Å². The molecular formula is C31H31ClN6O2. The second-order valence-electron chi connectivity index (χ2n) is 8.88. The van der Waals surface area contributed by atoms with E-state index in [2.05, 4.69) is 39.7 Å². The molecule has 3 aromatic carbocycles. The van der Waals surface area contributed by atoms with Crippen molar-refractivity contribution >= 4 is 41.4 Å². The summed E-state index contributed by atoms with van der Waals surface area (Å²) in [5.74, 6) is -0.994. The molecule has 1 heterocycles. The van der Waals surface area contributed by atoms with Crippen LogP contribution < -0.4 is 15.6 Å². The number of nitrogens with zero attached hydrogens (tertiary/aromatic N) is 4. The van der Waals surface area contributed by atoms with Gasteiger partial charge in [-0.3, -0.25) is 9.59 Å². The number of carbonyl (C=O) groups is 2. The molecule has 204 valence electrons. The summed E-state index contributed by atoms with van der Waals surface area (Å²) in [4.78, 5) is 28.3. The number of amides is 2. The Morgan fingerprint density at radius 3 is 2.20 bits per heavy atom. The minimum absolute atomic E-state index is 0.0457. The molecule has 2 N–H and O–H groups in total. The maximum absolute atomic E-state index is 13.2. The molecule has 0 bridgehead atoms. The lowest BCUT2D eigenvalue weighted by Gasteiger charge is -2.20. The molecule has 0 aliphatic heterocycles. The first-order valence-electron chi connectivity index (χ1n) is 13.0. The predicted molar refractivity (Wildman–Crippen MR) is 161 cm³/mol. The number of halogens is 1. The quantitative estimate of drug-likeness (QED) is 0.152. The van der Waals surface area contributed by atoms with Gasteiger partial charge in [0, 0.05) is 24.3 Å². The van der Waals surface area contributed by atoms with E-state index in [1.807, 2.05) is 67.6 Å². The number of para-hydroxylation sites is 1. The number of aromatic nitrogens is 2. The van der Waals surface area contributed by atoms with E-state index in [0.29, 0.717) is 22.0 Å². The number of carbonyl (C=O) groups excluding carboxylic acids is 2. The molecule has 0 radical (unpaired) electrons. The standard InChI is InChI=1S/C31H31ClN6O2/c1-4-37(5-2)25-18-16-23(17-19-25)20-28(34-30(39)24-12-8-6-9-13-24)31(40)35-33-21-27-22(3)36-38(29(27)32)26-14-10-7-11-15-26/h6-21H,4-5H2,1-3H3,(H,34,39)(H,35,40)/b28-20+,33-21-. The molecule has 0 aliphatic rings. The van der Waals surface area contributed by atoms with Crippen molar-refractivity contribution in [1.29, 1.82) is 0 Å². The molecular weight excluding hydrogens is 524 g/mol. The summed E-state index contributed by atoms with van der Waals surface area (Å²) in [5.41, 5.74) is 6.83. The zero-order valence-corrected chi connectivity index (χ0v) is 23.4. The van der Waals surface area contributed by atoms with Crippen LogP contribution in [0.5, 0.6) is 0 Å². The average molecular weight is 555 g/mol. The second kappa shape index (κ2) is 13.4. The highest BCUT2D eigenvalue weighted by atomic mass is 35.5. The minimum atomic E-state index is -0.586. The fourth-order valence-electron chi connectivity index (χ4n) is 4.09. The van der Waals surface area contributed by atoms with Gasteiger partial charge in [-0.25, -0.2) is 10.1 Å². The number of aryl methyl sites for hydroxylation is 1. The first-order valence-corrected chi connectivity index (χ1v) is 13.4. The van der Waals surface area contributed by atoms with E-state index in [0.717, 1.165) is 30.0 Å². The SMILES string of the molecule is CCN(CC)c1ccc(/C=C(/NC(=O)c2ccccc2)C(=O)N/N=C\c2c(C)nn(-c3ccccc3)c2Cl)cc1. The van der Waals surface area contributed by atoms with Crippen LogP contribution in [0.3, 0.4) is 0 Å². The van der Waals surface area contributed by atoms with Crippen molar-refractivity contribution in [2.24, 2.45) is 5.10 Å². The molecule has 0 atom stereocenters. The molecule has 0 spiro atoms. The normalized spacial score (nSPS) is 11.4. The lowest BCUT2D eigenvalue weighted by molar-refractivity contribution is -0.117. The van der Waals surface area contributed by atoms with Crippen LogP contribution in [0.15, 0.2) is 95.7 Å². The van der Waals surface area contributed by atoms with Gasteiger partial charge in [-0.1, -0.05) is 60.1 Å². The average Bonchev–Trinajstić information content (AvgIpc) is 3.27. The van der Waals surface area contributed by atoms with Crippen molar-refractivity contribution in [3.05, 3.63) is 118 Å². The van der Waals surface area contributed by atoms with Gasteiger partial charge in [0.05, 0.1) is 23.2 Å². The van der Waals surface area contributed by atoms with Crippen LogP contribution in [0.25, 0.3) is 11.8 Å². The molecule has 0 saturated heterocycles. The highest BCUT2D eigenvalue weighted by molar-refractivity contribution is 6.32. The molecule has 1 aromatic heterocycles. The van der Waals surface area contributed by atoms with E-state index in [1.54, 1.807) is 35.0 Å². The Morgan fingerprint density at radius 2 is 1.57 bits per heavy atom. The second-order valence-corrected chi connectivity index (χ2v) is 9.24. The molecule has 4 rings (SSSR count). The van der Waals surface area contributed by atoms with Crippen molar-refractivity contribution in [3.8, 4) is 5.69 Å². The summed E-state index contributed by atoms with van der Waals surface area (Å²) in [7, 11) is 0. The van der Waals surface area contributed by atoms with Gasteiger partial charge in [0.2, 0.25) is 0 Å². The summed E-state index contributed by atoms with van der Waals surface area (Å²) in [6.07, 6.45) is 3.06. The van der Waals surface area contributed by atoms with E-state index < -0.39 is 11.8 Å². The Morgan fingerprint density at radius 1 is 0.950 bits per heavy atom. The number of rotatable bonds is 10. The first-order chi connectivity index (χ1) is 19.4. The molecule has 40 heavy (non-hydrogen) atoms. The smallest absolute Gasteiger partial charge is 0.287 e. The molecule has 8 nitrogen and oxygen atoms in total. The maximum atomic E-state index is 13.2. The highest BCUT2D eigenvalue weighted by Gasteiger charge is 2.16. The lowest BCUT2D eigenvalue weighted by atomic mass is 10.1. The first kappa shape index (κ1) is 28.3. The molecule has 9 heteroatoms. The minimum Gasteiger partial charge on any atom is -0.372 e. The van der Waals surface area contributed by atoms with Crippen molar-refractivity contribution in [3.63, 3.8) is 0 Å². The molecule has 0 fully saturated rings. The van der Waals surface area contributed by atoms with Gasteiger partial charge in [0.25, 0.3) is 11.8 Å². The Labute approximate surface area is 239 Å². The molecule has 0 aliphatic carbocycles. The lowest BCUT2D eigenvalue weighted by Crippen LogP contribution is -2.32. The third-order valence-corrected chi connectivity index (χ3v) is 6.63. The van der Waals surface area contributed by atoms with Gasteiger partial charge in [0.1, 0.15) is 10.9 Å². The summed E-state index contributed by atoms with van der Waals surface area (Å²) < 4.78 is 1.60. The summed E-state index contributed by atoms with van der Waals surface area (Å²) in [5, 5.41) is 11.7. The molecule has 4 aromatic rings. The zero-order valence-electron chi connectivity index (χ0n) is 22.6. The van der Waals surface area contributed by atoms with Crippen LogP contribution in [-0.4, -0.2) is 40.9 Å². The van der Waals surface area contributed by atoms with Crippen LogP contribution in [0.2, 0.25) is 5.15 Å². The fourth-order valence-corrected chi connectivity index (χ4v) is 4.41. The van der Waals surface area contributed by atoms with Gasteiger partial charge < -0.3 is 10.2 Å². The van der Waals surface area contributed by atoms with Crippen LogP contribution in [-0.2, 0) is 4.79 Å². The Kier molecular flexibility index (Phi) is 9.48. The largest absolute Gasteiger partial charge is 0.372 e. The van der Waals surface area contributed by atoms with Crippen molar-refractivity contribution in [2.45, 2.75) is 20.8 Å². The third-order valence-electron chi connectivity index (χ3n) is 6.27. The maximum Gasteiger partial charge on any atom is 0.287 e. The van der Waals surface area contributed by atoms with E-state index in [9.17, 15) is 9.59 Å². The Balaban J connectivity index is 1.56. The predicted octanol–water partition coefficient (Wildman–Crippen LogP) is 5.60. The van der Waals surface area contributed by atoms with Gasteiger partial charge >= 0.3 is 0 Å². The fraction of sp³-hybridized carbons (Fsp3) is 0.161. The highest BCUT2D eigenvalue weighted by Crippen LogP contribution is 2.22. The van der Waals surface area contributed by atoms with Gasteiger partial charge in [-0.15, -0.1) is 0 Å². The number of anilines is 1. The van der Waals surface area contributed by atoms with Crippen molar-refractivity contribution < 1.29 is 9.59 Å². The molecule has 2 amide bonds. The van der Waals surface area contributed by atoms with Gasteiger partial charge in [-0.05, 0) is 68.8 Å². The van der Waals surface area contributed by atoms with Gasteiger partial charge in [0.15, 0.2) is 0 Å². The summed E-state index contributed by atoms with van der Waals surface area (Å²) in [6, 6.07) is 26.0. The summed E-state index contributed by atoms with van der Waals surface area (Å²) >= 11 is 6.57. The monoisotopic (exact) mass is 554 g/mol. The van der Waals surface area contributed by atoms with Crippen LogP contribution in [0.1, 0.15) is 41.0 Å². The summed E-state index contributed by atoms with van der Waals surface area (Å²) in [6.45, 7) is 7.78. The van der Waals surface area contributed by atoms with Crippen LogP contribution >= 0.6 is 11.6 Å². The van der Waals surface area contributed by atoms with Crippen LogP contribution in [0.4, 0.5) is 5.69 Å². The van der Waals surface area contributed by atoms with Gasteiger partial charge in [-0.2, -0.15) is 10.2 Å². The van der Waals surface area contributed by atoms with E-state index in [1.165, 1.54) is 6.21 Å². The number of hydrazone groups is 1. The third kappa shape index (κ3) is 6.84. The zero-order chi connectivity index (χ0) is 28.5. The van der Waals surface area contributed by atoms with Crippen LogP contribution in [0, 0.1) is 6.92 Å². The number of hydrogen-bond acceptors (Lipinski definition) is 5. The number of benzene rings is 3. The van der Waals surface area contributed by atoms with E-state index in [4.69, 9.17) is 11.6 Å². The number of hydrogen-bond donors (Lipinski definition) is 2. The van der Waals surface area contributed by atoms with E-state index in [-0.39, 0.29) is 5.70 Å². The topological polar surface area (TPSA) is 91.6 Å². The Bertz CT molecular complexity index is 1510.